The molecule has 0 saturated carbocycles. The molecule has 2 aromatic carbocycles. The molecule has 0 spiro atoms. The van der Waals surface area contributed by atoms with Crippen molar-refractivity contribution in [2.75, 3.05) is 24.7 Å². The molecule has 0 radical (unpaired) electrons. The summed E-state index contributed by atoms with van der Waals surface area (Å²) >= 11 is 0. The van der Waals surface area contributed by atoms with Crippen molar-refractivity contribution in [1.82, 2.24) is 19.5 Å². The van der Waals surface area contributed by atoms with Gasteiger partial charge >= 0.3 is 0 Å². The second kappa shape index (κ2) is 9.71. The van der Waals surface area contributed by atoms with Crippen LogP contribution in [0.4, 0.5) is 24.8 Å². The number of aliphatic hydroxyl groups is 1. The van der Waals surface area contributed by atoms with Gasteiger partial charge in [-0.05, 0) is 42.0 Å². The third kappa shape index (κ3) is 4.47. The first kappa shape index (κ1) is 24.9. The van der Waals surface area contributed by atoms with Crippen LogP contribution >= 0.6 is 0 Å². The molecular formula is C27H23F3N6O3. The molecule has 0 bridgehead atoms. The third-order valence-electron chi connectivity index (χ3n) is 6.71. The van der Waals surface area contributed by atoms with Gasteiger partial charge in [-0.3, -0.25) is 0 Å². The Labute approximate surface area is 220 Å². The molecular weight excluding hydrogens is 513 g/mol. The van der Waals surface area contributed by atoms with Crippen molar-refractivity contribution in [3.63, 3.8) is 0 Å². The summed E-state index contributed by atoms with van der Waals surface area (Å²) < 4.78 is 56.5. The second-order valence-electron chi connectivity index (χ2n) is 9.18. The molecule has 200 valence electrons. The monoisotopic (exact) mass is 536 g/mol. The molecule has 0 amide bonds. The van der Waals surface area contributed by atoms with Gasteiger partial charge in [0.2, 0.25) is 0 Å². The van der Waals surface area contributed by atoms with Crippen molar-refractivity contribution in [3.8, 4) is 16.9 Å². The van der Waals surface area contributed by atoms with Crippen molar-refractivity contribution in [1.29, 1.82) is 0 Å². The van der Waals surface area contributed by atoms with Gasteiger partial charge in [-0.1, -0.05) is 0 Å². The highest BCUT2D eigenvalue weighted by Gasteiger charge is 2.46. The van der Waals surface area contributed by atoms with Crippen LogP contribution in [0.3, 0.4) is 0 Å². The molecule has 39 heavy (non-hydrogen) atoms. The van der Waals surface area contributed by atoms with Gasteiger partial charge in [-0.15, -0.1) is 0 Å². The zero-order valence-corrected chi connectivity index (χ0v) is 20.6. The summed E-state index contributed by atoms with van der Waals surface area (Å²) in [5, 5.41) is 14.8. The van der Waals surface area contributed by atoms with E-state index in [0.717, 1.165) is 23.6 Å². The largest absolute Gasteiger partial charge is 0.491 e. The van der Waals surface area contributed by atoms with E-state index in [-0.39, 0.29) is 34.6 Å². The van der Waals surface area contributed by atoms with Crippen LogP contribution in [0, 0.1) is 11.6 Å². The molecule has 6 rings (SSSR count). The number of nitrogens with zero attached hydrogens (tertiary/aromatic N) is 4. The van der Waals surface area contributed by atoms with Crippen molar-refractivity contribution in [3.05, 3.63) is 72.7 Å². The van der Waals surface area contributed by atoms with Gasteiger partial charge in [0, 0.05) is 36.3 Å². The molecule has 1 aliphatic heterocycles. The number of nitrogen functional groups attached to an aromatic ring is 1. The van der Waals surface area contributed by atoms with E-state index in [9.17, 15) is 13.9 Å². The number of hydrogen-bond acceptors (Lipinski definition) is 8. The Morgan fingerprint density at radius 2 is 1.87 bits per heavy atom. The van der Waals surface area contributed by atoms with Crippen LogP contribution in [0.1, 0.15) is 6.23 Å². The minimum absolute atomic E-state index is 0.0404. The smallest absolute Gasteiger partial charge is 0.173 e. The summed E-state index contributed by atoms with van der Waals surface area (Å²) in [6, 6.07) is 12.1. The van der Waals surface area contributed by atoms with E-state index in [0.29, 0.717) is 17.1 Å². The predicted molar refractivity (Wildman–Crippen MR) is 139 cm³/mol. The van der Waals surface area contributed by atoms with Crippen molar-refractivity contribution < 1.29 is 27.8 Å². The normalized spacial score (nSPS) is 21.1. The van der Waals surface area contributed by atoms with Crippen LogP contribution in [0.2, 0.25) is 0 Å². The number of benzene rings is 2. The van der Waals surface area contributed by atoms with Gasteiger partial charge in [0.1, 0.15) is 59.8 Å². The number of anilines is 2. The van der Waals surface area contributed by atoms with Crippen LogP contribution in [0.5, 0.6) is 5.75 Å². The van der Waals surface area contributed by atoms with Gasteiger partial charge in [0.25, 0.3) is 0 Å². The lowest BCUT2D eigenvalue weighted by molar-refractivity contribution is -0.0410. The number of rotatable bonds is 6. The Hall–Kier alpha value is -4.42. The number of hydrogen-bond donors (Lipinski definition) is 3. The summed E-state index contributed by atoms with van der Waals surface area (Å²) in [6.45, 7) is -0.145. The van der Waals surface area contributed by atoms with E-state index >= 15 is 4.39 Å². The summed E-state index contributed by atoms with van der Waals surface area (Å²) in [5.74, 6) is -0.374. The average molecular weight is 537 g/mol. The number of aliphatic hydroxyl groups excluding tert-OH is 1. The number of nitrogens with one attached hydrogen (secondary N) is 1. The van der Waals surface area contributed by atoms with E-state index in [4.69, 9.17) is 15.2 Å². The maximum atomic E-state index is 15.4. The Kier molecular flexibility index (Phi) is 6.20. The highest BCUT2D eigenvalue weighted by Crippen LogP contribution is 2.40. The Morgan fingerprint density at radius 3 is 2.64 bits per heavy atom. The maximum absolute atomic E-state index is 15.4. The molecule has 3 aromatic heterocycles. The van der Waals surface area contributed by atoms with E-state index in [1.165, 1.54) is 17.1 Å². The van der Waals surface area contributed by atoms with Gasteiger partial charge in [0.15, 0.2) is 12.4 Å². The first-order valence-corrected chi connectivity index (χ1v) is 12.1. The lowest BCUT2D eigenvalue weighted by Gasteiger charge is -2.17. The zero-order chi connectivity index (χ0) is 27.3. The number of nitrogens with two attached hydrogens (primary N) is 1. The average Bonchev–Trinajstić information content (AvgIpc) is 3.44. The molecule has 1 saturated heterocycles. The van der Waals surface area contributed by atoms with Crippen molar-refractivity contribution >= 4 is 33.6 Å². The first-order valence-electron chi connectivity index (χ1n) is 12.1. The number of fused-ring (bicyclic) bond motifs is 2. The fourth-order valence-electron chi connectivity index (χ4n) is 4.80. The van der Waals surface area contributed by atoms with Gasteiger partial charge in [-0.2, -0.15) is 0 Å². The maximum Gasteiger partial charge on any atom is 0.173 e. The van der Waals surface area contributed by atoms with Crippen molar-refractivity contribution in [2.24, 2.45) is 0 Å². The van der Waals surface area contributed by atoms with Crippen LogP contribution in [0.15, 0.2) is 61.1 Å². The molecule has 4 heterocycles. The topological polar surface area (TPSA) is 120 Å². The lowest BCUT2D eigenvalue weighted by atomic mass is 10.1. The van der Waals surface area contributed by atoms with Gasteiger partial charge in [-0.25, -0.2) is 28.1 Å². The second-order valence-corrected chi connectivity index (χ2v) is 9.18. The molecule has 5 aromatic rings. The number of aromatic nitrogens is 4. The highest BCUT2D eigenvalue weighted by atomic mass is 19.1. The van der Waals surface area contributed by atoms with Crippen LogP contribution in [-0.2, 0) is 4.74 Å². The van der Waals surface area contributed by atoms with E-state index < -0.39 is 36.2 Å². The Balaban J connectivity index is 1.29. The molecule has 12 heteroatoms. The van der Waals surface area contributed by atoms with E-state index in [2.05, 4.69) is 20.3 Å². The number of alkyl halides is 1. The summed E-state index contributed by atoms with van der Waals surface area (Å²) in [5.41, 5.74) is 7.41. The standard InChI is InChI=1S/C27H23F3N6O3/c1-32-21-5-3-13-2-4-17(9-19(13)35-21)38-11-20-24(37)23(30)27(39-20)36-10-18(14-6-15(28)8-16(29)7-14)22-25(31)33-12-34-26(22)36/h2-10,12,20,23-24,27,37H,11H2,1H3,(H,32,35)(H2,31,33,34)/t20-,23+,24-,27-/m1/s1. The molecule has 9 nitrogen and oxygen atoms in total. The molecule has 4 N–H and O–H groups in total. The zero-order valence-electron chi connectivity index (χ0n) is 20.6. The minimum Gasteiger partial charge on any atom is -0.491 e. The summed E-state index contributed by atoms with van der Waals surface area (Å²) in [7, 11) is 1.77. The number of ether oxygens (including phenoxy) is 2. The Morgan fingerprint density at radius 1 is 1.10 bits per heavy atom. The predicted octanol–water partition coefficient (Wildman–Crippen LogP) is 4.22. The van der Waals surface area contributed by atoms with E-state index in [1.807, 2.05) is 18.2 Å². The third-order valence-corrected chi connectivity index (χ3v) is 6.71. The Bertz CT molecular complexity index is 1680. The molecule has 1 aliphatic rings. The minimum atomic E-state index is -1.86. The summed E-state index contributed by atoms with van der Waals surface area (Å²) in [4.78, 5) is 12.7. The fourth-order valence-corrected chi connectivity index (χ4v) is 4.80. The number of halogens is 3. The molecule has 1 fully saturated rings. The van der Waals surface area contributed by atoms with Crippen LogP contribution in [-0.4, -0.2) is 56.7 Å². The lowest BCUT2D eigenvalue weighted by Crippen LogP contribution is -2.32. The van der Waals surface area contributed by atoms with Crippen molar-refractivity contribution in [2.45, 2.75) is 24.6 Å². The quantitative estimate of drug-likeness (QED) is 0.295. The number of pyridine rings is 1. The van der Waals surface area contributed by atoms with Crippen LogP contribution < -0.4 is 15.8 Å². The SMILES string of the molecule is CNc1ccc2ccc(OC[C@H]3O[C@@H](n4cc(-c5cc(F)cc(F)c5)c5c(N)ncnc54)[C@@H](F)[C@@H]3O)cc2n1. The fraction of sp³-hybridized carbons (Fsp3) is 0.222. The van der Waals surface area contributed by atoms with Gasteiger partial charge in [0.05, 0.1) is 10.9 Å². The summed E-state index contributed by atoms with van der Waals surface area (Å²) in [6.07, 6.45) is -3.09. The molecule has 0 unspecified atom stereocenters. The van der Waals surface area contributed by atoms with Gasteiger partial charge < -0.3 is 30.2 Å². The first-order chi connectivity index (χ1) is 18.8. The highest BCUT2D eigenvalue weighted by molar-refractivity contribution is 6.00. The molecule has 4 atom stereocenters. The van der Waals surface area contributed by atoms with Crippen LogP contribution in [0.25, 0.3) is 33.1 Å². The van der Waals surface area contributed by atoms with E-state index in [1.54, 1.807) is 19.2 Å². The molecule has 0 aliphatic carbocycles.